The average Bonchev–Trinajstić information content (AvgIpc) is 2.80. The first-order chi connectivity index (χ1) is 11.5. The second-order valence-corrected chi connectivity index (χ2v) is 7.23. The first-order valence-corrected chi connectivity index (χ1v) is 8.87. The molecule has 2 atom stereocenters. The molecule has 5 nitrogen and oxygen atoms in total. The first-order valence-electron chi connectivity index (χ1n) is 8.87. The van der Waals surface area contributed by atoms with Crippen LogP contribution in [0.4, 0.5) is 4.79 Å². The van der Waals surface area contributed by atoms with Crippen LogP contribution in [0.2, 0.25) is 0 Å². The van der Waals surface area contributed by atoms with E-state index in [1.165, 1.54) is 10.5 Å². The molecule has 0 spiro atoms. The number of hydrogen-bond acceptors (Lipinski definition) is 3. The number of likely N-dealkylation sites (N-methyl/N-ethyl adjacent to an activating group) is 1. The third-order valence-electron chi connectivity index (χ3n) is 5.52. The van der Waals surface area contributed by atoms with Crippen LogP contribution >= 0.6 is 0 Å². The van der Waals surface area contributed by atoms with Crippen LogP contribution in [0.1, 0.15) is 31.7 Å². The second kappa shape index (κ2) is 6.93. The molecule has 0 saturated carbocycles. The Labute approximate surface area is 144 Å². The van der Waals surface area contributed by atoms with E-state index in [4.69, 9.17) is 0 Å². The SMILES string of the molecule is CN1C(=O)N[C@](C)([C@@H]2CCCN(CCCc3ccccc3)C2)C1=O. The molecule has 130 valence electrons. The predicted molar refractivity (Wildman–Crippen MR) is 93.6 cm³/mol. The zero-order chi connectivity index (χ0) is 17.2. The number of urea groups is 1. The maximum atomic E-state index is 12.5. The highest BCUT2D eigenvalue weighted by atomic mass is 16.2. The molecule has 1 aromatic carbocycles. The van der Waals surface area contributed by atoms with Crippen molar-refractivity contribution in [3.63, 3.8) is 0 Å². The molecule has 0 aliphatic carbocycles. The molecule has 2 aliphatic rings. The normalized spacial score (nSPS) is 28.2. The summed E-state index contributed by atoms with van der Waals surface area (Å²) >= 11 is 0. The van der Waals surface area contributed by atoms with Gasteiger partial charge in [-0.2, -0.15) is 0 Å². The van der Waals surface area contributed by atoms with Gasteiger partial charge in [0.2, 0.25) is 0 Å². The maximum Gasteiger partial charge on any atom is 0.324 e. The molecule has 3 amide bonds. The van der Waals surface area contributed by atoms with Crippen LogP contribution in [0.15, 0.2) is 30.3 Å². The van der Waals surface area contributed by atoms with Crippen LogP contribution in [-0.4, -0.2) is 54.0 Å². The van der Waals surface area contributed by atoms with Crippen molar-refractivity contribution < 1.29 is 9.59 Å². The van der Waals surface area contributed by atoms with Gasteiger partial charge in [-0.3, -0.25) is 9.69 Å². The highest BCUT2D eigenvalue weighted by Gasteiger charge is 2.51. The van der Waals surface area contributed by atoms with E-state index in [0.717, 1.165) is 45.3 Å². The standard InChI is InChI=1S/C19H27N3O2/c1-19(17(23)21(2)18(24)20-19)16-11-7-13-22(14-16)12-6-10-15-8-4-3-5-9-15/h3-5,8-9,16H,6-7,10-14H2,1-2H3,(H,20,24)/t16-,19-/m1/s1. The Morgan fingerprint density at radius 3 is 2.67 bits per heavy atom. The zero-order valence-electron chi connectivity index (χ0n) is 14.6. The third kappa shape index (κ3) is 3.31. The number of hydrogen-bond donors (Lipinski definition) is 1. The molecular formula is C19H27N3O2. The zero-order valence-corrected chi connectivity index (χ0v) is 14.6. The van der Waals surface area contributed by atoms with Crippen molar-refractivity contribution in [3.8, 4) is 0 Å². The van der Waals surface area contributed by atoms with Gasteiger partial charge in [-0.05, 0) is 51.3 Å². The number of carbonyl (C=O) groups is 2. The molecule has 0 radical (unpaired) electrons. The topological polar surface area (TPSA) is 52.7 Å². The average molecular weight is 329 g/mol. The Kier molecular flexibility index (Phi) is 4.90. The number of benzene rings is 1. The van der Waals surface area contributed by atoms with Crippen molar-refractivity contribution in [1.82, 2.24) is 15.1 Å². The number of imide groups is 1. The smallest absolute Gasteiger partial charge is 0.323 e. The summed E-state index contributed by atoms with van der Waals surface area (Å²) in [5, 5.41) is 2.91. The Balaban J connectivity index is 1.55. The number of amides is 3. The van der Waals surface area contributed by atoms with E-state index in [1.807, 2.05) is 13.0 Å². The summed E-state index contributed by atoms with van der Waals surface area (Å²) in [6.07, 6.45) is 4.27. The molecule has 24 heavy (non-hydrogen) atoms. The molecule has 2 heterocycles. The van der Waals surface area contributed by atoms with Gasteiger partial charge in [0.15, 0.2) is 0 Å². The molecule has 1 aromatic rings. The van der Waals surface area contributed by atoms with Crippen LogP contribution in [0.5, 0.6) is 0 Å². The number of nitrogens with zero attached hydrogens (tertiary/aromatic N) is 2. The first kappa shape index (κ1) is 17.0. The van der Waals surface area contributed by atoms with Gasteiger partial charge in [-0.25, -0.2) is 4.79 Å². The number of nitrogens with one attached hydrogen (secondary N) is 1. The van der Waals surface area contributed by atoms with Crippen molar-refractivity contribution in [2.45, 2.75) is 38.1 Å². The molecule has 0 aromatic heterocycles. The second-order valence-electron chi connectivity index (χ2n) is 7.23. The van der Waals surface area contributed by atoms with E-state index < -0.39 is 5.54 Å². The lowest BCUT2D eigenvalue weighted by Gasteiger charge is -2.39. The molecule has 2 saturated heterocycles. The number of piperidine rings is 1. The quantitative estimate of drug-likeness (QED) is 0.843. The highest BCUT2D eigenvalue weighted by Crippen LogP contribution is 2.32. The lowest BCUT2D eigenvalue weighted by Crippen LogP contribution is -2.55. The summed E-state index contributed by atoms with van der Waals surface area (Å²) in [6, 6.07) is 10.3. The van der Waals surface area contributed by atoms with Crippen molar-refractivity contribution in [2.75, 3.05) is 26.7 Å². The molecule has 0 unspecified atom stereocenters. The number of aryl methyl sites for hydroxylation is 1. The molecular weight excluding hydrogens is 302 g/mol. The number of likely N-dealkylation sites (tertiary alicyclic amines) is 1. The van der Waals surface area contributed by atoms with Gasteiger partial charge in [-0.15, -0.1) is 0 Å². The fourth-order valence-electron chi connectivity index (χ4n) is 3.96. The fraction of sp³-hybridized carbons (Fsp3) is 0.579. The van der Waals surface area contributed by atoms with E-state index in [-0.39, 0.29) is 17.9 Å². The predicted octanol–water partition coefficient (Wildman–Crippen LogP) is 2.27. The summed E-state index contributed by atoms with van der Waals surface area (Å²) in [4.78, 5) is 28.0. The minimum absolute atomic E-state index is 0.0939. The molecule has 0 bridgehead atoms. The summed E-state index contributed by atoms with van der Waals surface area (Å²) in [6.45, 7) is 4.89. The van der Waals surface area contributed by atoms with Gasteiger partial charge in [-0.1, -0.05) is 30.3 Å². The third-order valence-corrected chi connectivity index (χ3v) is 5.52. The van der Waals surface area contributed by atoms with Crippen LogP contribution in [0.3, 0.4) is 0 Å². The monoisotopic (exact) mass is 329 g/mol. The van der Waals surface area contributed by atoms with Gasteiger partial charge in [0.05, 0.1) is 0 Å². The van der Waals surface area contributed by atoms with Crippen molar-refractivity contribution in [2.24, 2.45) is 5.92 Å². The minimum atomic E-state index is -0.746. The lowest BCUT2D eigenvalue weighted by molar-refractivity contribution is -0.132. The van der Waals surface area contributed by atoms with Gasteiger partial charge in [0, 0.05) is 19.5 Å². The summed E-state index contributed by atoms with van der Waals surface area (Å²) in [5.41, 5.74) is 0.627. The van der Waals surface area contributed by atoms with Crippen molar-refractivity contribution in [1.29, 1.82) is 0 Å². The number of rotatable bonds is 5. The Bertz CT molecular complexity index is 604. The van der Waals surface area contributed by atoms with E-state index in [9.17, 15) is 9.59 Å². The van der Waals surface area contributed by atoms with Crippen LogP contribution in [0, 0.1) is 5.92 Å². The van der Waals surface area contributed by atoms with Crippen LogP contribution < -0.4 is 5.32 Å². The van der Waals surface area contributed by atoms with E-state index in [0.29, 0.717) is 0 Å². The van der Waals surface area contributed by atoms with Crippen molar-refractivity contribution >= 4 is 11.9 Å². The minimum Gasteiger partial charge on any atom is -0.323 e. The van der Waals surface area contributed by atoms with Crippen LogP contribution in [0.25, 0.3) is 0 Å². The highest BCUT2D eigenvalue weighted by molar-refractivity contribution is 6.06. The van der Waals surface area contributed by atoms with E-state index in [2.05, 4.69) is 34.5 Å². The summed E-state index contributed by atoms with van der Waals surface area (Å²) in [7, 11) is 1.56. The van der Waals surface area contributed by atoms with Gasteiger partial charge in [0.1, 0.15) is 5.54 Å². The van der Waals surface area contributed by atoms with E-state index >= 15 is 0 Å². The largest absolute Gasteiger partial charge is 0.324 e. The molecule has 2 aliphatic heterocycles. The lowest BCUT2D eigenvalue weighted by atomic mass is 9.80. The van der Waals surface area contributed by atoms with Gasteiger partial charge < -0.3 is 10.2 Å². The molecule has 2 fully saturated rings. The van der Waals surface area contributed by atoms with Gasteiger partial charge >= 0.3 is 6.03 Å². The Morgan fingerprint density at radius 1 is 1.25 bits per heavy atom. The molecule has 1 N–H and O–H groups in total. The maximum absolute atomic E-state index is 12.5. The van der Waals surface area contributed by atoms with Crippen LogP contribution in [-0.2, 0) is 11.2 Å². The molecule has 5 heteroatoms. The fourth-order valence-corrected chi connectivity index (χ4v) is 3.96. The molecule has 3 rings (SSSR count). The Morgan fingerprint density at radius 2 is 2.00 bits per heavy atom. The summed E-state index contributed by atoms with van der Waals surface area (Å²) in [5.74, 6) is 0.0908. The number of carbonyl (C=O) groups excluding carboxylic acids is 2. The Hall–Kier alpha value is -1.88. The summed E-state index contributed by atoms with van der Waals surface area (Å²) < 4.78 is 0. The van der Waals surface area contributed by atoms with Crippen molar-refractivity contribution in [3.05, 3.63) is 35.9 Å². The van der Waals surface area contributed by atoms with E-state index in [1.54, 1.807) is 7.05 Å². The van der Waals surface area contributed by atoms with Gasteiger partial charge in [0.25, 0.3) is 5.91 Å².